The van der Waals surface area contributed by atoms with E-state index in [1.54, 1.807) is 13.0 Å². The van der Waals surface area contributed by atoms with Gasteiger partial charge in [-0.3, -0.25) is 9.35 Å². The Morgan fingerprint density at radius 3 is 2.19 bits per heavy atom. The van der Waals surface area contributed by atoms with Gasteiger partial charge in [-0.05, 0) is 42.8 Å². The molecule has 0 heterocycles. The van der Waals surface area contributed by atoms with Crippen LogP contribution in [0.15, 0.2) is 35.2 Å². The van der Waals surface area contributed by atoms with E-state index in [1.165, 1.54) is 31.2 Å². The third-order valence-electron chi connectivity index (χ3n) is 3.17. The summed E-state index contributed by atoms with van der Waals surface area (Å²) in [6.07, 6.45) is 0. The van der Waals surface area contributed by atoms with Crippen LogP contribution >= 0.6 is 11.6 Å². The smallest absolute Gasteiger partial charge is 0.337 e. The lowest BCUT2D eigenvalue weighted by molar-refractivity contribution is -0.114. The van der Waals surface area contributed by atoms with Gasteiger partial charge in [-0.25, -0.2) is 4.79 Å². The van der Waals surface area contributed by atoms with Crippen LogP contribution in [0.4, 0.5) is 17.1 Å². The SMILES string of the molecule is CC(=O)Nc1ccc(N)c(C(=O)O)c1.Cc1cc(S(=O)(=O)O)c(N)cc1Cl. The van der Waals surface area contributed by atoms with Gasteiger partial charge >= 0.3 is 5.97 Å². The van der Waals surface area contributed by atoms with E-state index in [2.05, 4.69) is 5.32 Å². The topological polar surface area (TPSA) is 173 Å². The third-order valence-corrected chi connectivity index (χ3v) is 4.49. The first-order valence-electron chi connectivity index (χ1n) is 7.26. The number of amides is 1. The lowest BCUT2D eigenvalue weighted by Gasteiger charge is -2.05. The fourth-order valence-corrected chi connectivity index (χ4v) is 2.77. The number of nitrogens with one attached hydrogen (secondary N) is 1. The molecule has 0 aliphatic heterocycles. The normalized spacial score (nSPS) is 10.5. The zero-order chi connectivity index (χ0) is 20.9. The van der Waals surface area contributed by atoms with Gasteiger partial charge in [0.1, 0.15) is 4.90 Å². The average molecular weight is 416 g/mol. The van der Waals surface area contributed by atoms with Crippen LogP contribution in [-0.4, -0.2) is 30.0 Å². The number of aromatic carboxylic acids is 1. The van der Waals surface area contributed by atoms with Crippen molar-refractivity contribution in [3.8, 4) is 0 Å². The van der Waals surface area contributed by atoms with E-state index in [-0.39, 0.29) is 27.7 Å². The molecule has 2 aromatic rings. The van der Waals surface area contributed by atoms with Crippen LogP contribution in [0.5, 0.6) is 0 Å². The maximum Gasteiger partial charge on any atom is 0.337 e. The highest BCUT2D eigenvalue weighted by molar-refractivity contribution is 7.86. The number of carbonyl (C=O) groups excluding carboxylic acids is 1. The highest BCUT2D eigenvalue weighted by Gasteiger charge is 2.15. The predicted octanol–water partition coefficient (Wildman–Crippen LogP) is 2.40. The van der Waals surface area contributed by atoms with E-state index in [9.17, 15) is 18.0 Å². The van der Waals surface area contributed by atoms with Crippen molar-refractivity contribution in [3.63, 3.8) is 0 Å². The first kappa shape index (κ1) is 22.2. The van der Waals surface area contributed by atoms with Crippen LogP contribution in [0.3, 0.4) is 0 Å². The molecule has 0 aromatic heterocycles. The van der Waals surface area contributed by atoms with Gasteiger partial charge in [0.2, 0.25) is 5.91 Å². The Bertz CT molecular complexity index is 992. The Labute approximate surface area is 160 Å². The van der Waals surface area contributed by atoms with Gasteiger partial charge in [-0.2, -0.15) is 8.42 Å². The number of anilines is 3. The summed E-state index contributed by atoms with van der Waals surface area (Å²) >= 11 is 5.68. The number of carbonyl (C=O) groups is 2. The van der Waals surface area contributed by atoms with E-state index >= 15 is 0 Å². The molecule has 0 unspecified atom stereocenters. The van der Waals surface area contributed by atoms with Crippen molar-refractivity contribution in [1.29, 1.82) is 0 Å². The Morgan fingerprint density at radius 1 is 1.11 bits per heavy atom. The number of halogens is 1. The summed E-state index contributed by atoms with van der Waals surface area (Å²) < 4.78 is 30.2. The summed E-state index contributed by atoms with van der Waals surface area (Å²) in [4.78, 5) is 21.0. The number of hydrogen-bond acceptors (Lipinski definition) is 6. The van der Waals surface area contributed by atoms with E-state index in [0.717, 1.165) is 0 Å². The second-order valence-corrected chi connectivity index (χ2v) is 7.20. The highest BCUT2D eigenvalue weighted by atomic mass is 35.5. The zero-order valence-corrected chi connectivity index (χ0v) is 15.9. The number of carboxylic acids is 1. The molecule has 2 aromatic carbocycles. The summed E-state index contributed by atoms with van der Waals surface area (Å²) in [6.45, 7) is 2.97. The van der Waals surface area contributed by atoms with Gasteiger partial charge in [-0.15, -0.1) is 0 Å². The van der Waals surface area contributed by atoms with Gasteiger partial charge in [-0.1, -0.05) is 11.6 Å². The van der Waals surface area contributed by atoms with Gasteiger partial charge in [0.25, 0.3) is 10.1 Å². The number of hydrogen-bond donors (Lipinski definition) is 5. The minimum atomic E-state index is -4.26. The van der Waals surface area contributed by atoms with Crippen molar-refractivity contribution in [1.82, 2.24) is 0 Å². The molecule has 0 aliphatic carbocycles. The molecule has 0 fully saturated rings. The van der Waals surface area contributed by atoms with Gasteiger partial charge in [0, 0.05) is 23.3 Å². The van der Waals surface area contributed by atoms with E-state index in [4.69, 9.17) is 32.7 Å². The quantitative estimate of drug-likeness (QED) is 0.375. The Kier molecular flexibility index (Phi) is 7.17. The molecule has 146 valence electrons. The molecule has 0 saturated heterocycles. The summed E-state index contributed by atoms with van der Waals surface area (Å²) in [7, 11) is -4.26. The van der Waals surface area contributed by atoms with Gasteiger partial charge < -0.3 is 21.9 Å². The summed E-state index contributed by atoms with van der Waals surface area (Å²) in [5, 5.41) is 11.6. The predicted molar refractivity (Wildman–Crippen MR) is 103 cm³/mol. The number of rotatable bonds is 3. The minimum absolute atomic E-state index is 0.0174. The molecule has 0 saturated carbocycles. The molecule has 2 rings (SSSR count). The lowest BCUT2D eigenvalue weighted by Crippen LogP contribution is -2.08. The van der Waals surface area contributed by atoms with Crippen molar-refractivity contribution < 1.29 is 27.7 Å². The van der Waals surface area contributed by atoms with Crippen molar-refractivity contribution in [2.45, 2.75) is 18.7 Å². The molecule has 0 bridgehead atoms. The molecule has 0 radical (unpaired) electrons. The molecule has 9 nitrogen and oxygen atoms in total. The molecule has 11 heteroatoms. The average Bonchev–Trinajstić information content (AvgIpc) is 2.51. The van der Waals surface area contributed by atoms with Crippen LogP contribution in [0.25, 0.3) is 0 Å². The first-order valence-corrected chi connectivity index (χ1v) is 9.08. The standard InChI is InChI=1S/C9H10N2O3.C7H8ClNO3S/c1-5(12)11-6-2-3-8(10)7(4-6)9(13)14;1-4-2-7(13(10,11)12)6(9)3-5(4)8/h2-4H,10H2,1H3,(H,11,12)(H,13,14);2-3H,9H2,1H3,(H,10,11,12). The minimum Gasteiger partial charge on any atom is -0.478 e. The number of benzene rings is 2. The molecule has 7 N–H and O–H groups in total. The number of nitrogen functional groups attached to an aromatic ring is 2. The second-order valence-electron chi connectivity index (χ2n) is 5.40. The van der Waals surface area contributed by atoms with Crippen LogP contribution in [0, 0.1) is 6.92 Å². The molecule has 0 atom stereocenters. The highest BCUT2D eigenvalue weighted by Crippen LogP contribution is 2.25. The van der Waals surface area contributed by atoms with Crippen molar-refractivity contribution in [2.75, 3.05) is 16.8 Å². The van der Waals surface area contributed by atoms with Crippen molar-refractivity contribution in [3.05, 3.63) is 46.5 Å². The molecule has 0 spiro atoms. The number of nitrogens with two attached hydrogens (primary N) is 2. The fraction of sp³-hybridized carbons (Fsp3) is 0.125. The van der Waals surface area contributed by atoms with E-state index in [0.29, 0.717) is 16.3 Å². The maximum absolute atomic E-state index is 10.7. The second kappa shape index (κ2) is 8.71. The van der Waals surface area contributed by atoms with Gasteiger partial charge in [0.15, 0.2) is 0 Å². The van der Waals surface area contributed by atoms with Crippen LogP contribution in [0.2, 0.25) is 5.02 Å². The molecule has 0 aliphatic rings. The Hall–Kier alpha value is -2.82. The monoisotopic (exact) mass is 415 g/mol. The van der Waals surface area contributed by atoms with Crippen LogP contribution in [-0.2, 0) is 14.9 Å². The summed E-state index contributed by atoms with van der Waals surface area (Å²) in [6, 6.07) is 6.82. The molecule has 27 heavy (non-hydrogen) atoms. The molecular weight excluding hydrogens is 398 g/mol. The summed E-state index contributed by atoms with van der Waals surface area (Å²) in [5.74, 6) is -1.37. The first-order chi connectivity index (χ1) is 12.3. The van der Waals surface area contributed by atoms with Gasteiger partial charge in [0.05, 0.1) is 11.3 Å². The van der Waals surface area contributed by atoms with Crippen molar-refractivity contribution >= 4 is 50.7 Å². The Balaban J connectivity index is 0.000000271. The van der Waals surface area contributed by atoms with Crippen molar-refractivity contribution in [2.24, 2.45) is 0 Å². The third kappa shape index (κ3) is 6.44. The van der Waals surface area contributed by atoms with Crippen LogP contribution < -0.4 is 16.8 Å². The number of aryl methyl sites for hydroxylation is 1. The van der Waals surface area contributed by atoms with Crippen LogP contribution in [0.1, 0.15) is 22.8 Å². The van der Waals surface area contributed by atoms with E-state index < -0.39 is 16.1 Å². The summed E-state index contributed by atoms with van der Waals surface area (Å²) in [5.41, 5.74) is 11.8. The maximum atomic E-state index is 10.7. The Morgan fingerprint density at radius 2 is 1.70 bits per heavy atom. The molecular formula is C16H18ClN3O6S. The van der Waals surface area contributed by atoms with E-state index in [1.807, 2.05) is 0 Å². The zero-order valence-electron chi connectivity index (χ0n) is 14.4. The fourth-order valence-electron chi connectivity index (χ4n) is 1.92. The largest absolute Gasteiger partial charge is 0.478 e. The number of carboxylic acid groups (broad SMARTS) is 1. The molecule has 1 amide bonds. The lowest BCUT2D eigenvalue weighted by atomic mass is 10.1.